The van der Waals surface area contributed by atoms with Crippen LogP contribution in [0.5, 0.6) is 0 Å². The number of fused-ring (bicyclic) bond motifs is 1. The molecule has 3 N–H and O–H groups in total. The van der Waals surface area contributed by atoms with E-state index in [1.807, 2.05) is 37.5 Å². The zero-order chi connectivity index (χ0) is 13.4. The van der Waals surface area contributed by atoms with Gasteiger partial charge in [-0.3, -0.25) is 0 Å². The van der Waals surface area contributed by atoms with Crippen molar-refractivity contribution in [2.75, 3.05) is 17.7 Å². The van der Waals surface area contributed by atoms with Gasteiger partial charge in [0, 0.05) is 24.1 Å². The van der Waals surface area contributed by atoms with Crippen LogP contribution in [0.2, 0.25) is 0 Å². The molecule has 0 unspecified atom stereocenters. The lowest BCUT2D eigenvalue weighted by Gasteiger charge is -2.21. The number of hydrogen-bond donors (Lipinski definition) is 2. The molecule has 4 heteroatoms. The van der Waals surface area contributed by atoms with Crippen LogP contribution in [-0.2, 0) is 0 Å². The third-order valence-electron chi connectivity index (χ3n) is 3.28. The lowest BCUT2D eigenvalue weighted by Crippen LogP contribution is -2.13. The molecule has 0 spiro atoms. The number of halogens is 1. The Morgan fingerprint density at radius 1 is 1.11 bits per heavy atom. The van der Waals surface area contributed by atoms with Gasteiger partial charge in [0.25, 0.3) is 0 Å². The fraction of sp³-hybridized carbons (Fsp3) is 0.0667. The van der Waals surface area contributed by atoms with Gasteiger partial charge >= 0.3 is 0 Å². The van der Waals surface area contributed by atoms with Crippen molar-refractivity contribution in [3.63, 3.8) is 0 Å². The Balaban J connectivity index is 2.16. The Labute approximate surface area is 110 Å². The quantitative estimate of drug-likeness (QED) is 0.686. The van der Waals surface area contributed by atoms with Crippen LogP contribution in [0.15, 0.2) is 48.7 Å². The molecule has 3 aromatic rings. The number of hydrogen-bond acceptors (Lipinski definition) is 2. The van der Waals surface area contributed by atoms with Gasteiger partial charge in [0.15, 0.2) is 0 Å². The molecule has 0 fully saturated rings. The summed E-state index contributed by atoms with van der Waals surface area (Å²) in [5.41, 5.74) is 8.61. The van der Waals surface area contributed by atoms with Crippen LogP contribution in [0.3, 0.4) is 0 Å². The Bertz CT molecular complexity index is 713. The van der Waals surface area contributed by atoms with E-state index in [1.54, 1.807) is 17.0 Å². The fourth-order valence-electron chi connectivity index (χ4n) is 2.34. The van der Waals surface area contributed by atoms with Crippen LogP contribution in [0.1, 0.15) is 0 Å². The summed E-state index contributed by atoms with van der Waals surface area (Å²) < 4.78 is 14.0. The third-order valence-corrected chi connectivity index (χ3v) is 3.28. The minimum atomic E-state index is -0.326. The lowest BCUT2D eigenvalue weighted by molar-refractivity contribution is 0.628. The molecule has 1 heterocycles. The highest BCUT2D eigenvalue weighted by Crippen LogP contribution is 2.35. The maximum absolute atomic E-state index is 14.0. The van der Waals surface area contributed by atoms with E-state index in [9.17, 15) is 4.39 Å². The Morgan fingerprint density at radius 2 is 1.89 bits per heavy atom. The summed E-state index contributed by atoms with van der Waals surface area (Å²) in [4.78, 5) is 4.94. The van der Waals surface area contributed by atoms with Crippen molar-refractivity contribution in [2.24, 2.45) is 0 Å². The van der Waals surface area contributed by atoms with Gasteiger partial charge in [0.2, 0.25) is 0 Å². The van der Waals surface area contributed by atoms with Crippen LogP contribution < -0.4 is 10.6 Å². The van der Waals surface area contributed by atoms with E-state index in [-0.39, 0.29) is 5.82 Å². The van der Waals surface area contributed by atoms with Crippen LogP contribution in [-0.4, -0.2) is 12.0 Å². The number of aromatic nitrogens is 1. The summed E-state index contributed by atoms with van der Waals surface area (Å²) in [7, 11) is 1.81. The van der Waals surface area contributed by atoms with Gasteiger partial charge in [0.05, 0.1) is 11.4 Å². The molecule has 0 radical (unpaired) electrons. The second-order valence-corrected chi connectivity index (χ2v) is 4.46. The number of anilines is 3. The van der Waals surface area contributed by atoms with E-state index >= 15 is 0 Å². The minimum absolute atomic E-state index is 0.326. The first-order valence-electron chi connectivity index (χ1n) is 6.02. The van der Waals surface area contributed by atoms with Crippen LogP contribution >= 0.6 is 0 Å². The fourth-order valence-corrected chi connectivity index (χ4v) is 2.34. The van der Waals surface area contributed by atoms with Crippen molar-refractivity contribution in [1.82, 2.24) is 4.98 Å². The number of nitrogens with zero attached hydrogens (tertiary/aromatic N) is 1. The van der Waals surface area contributed by atoms with Gasteiger partial charge in [-0.2, -0.15) is 0 Å². The Kier molecular flexibility index (Phi) is 2.63. The van der Waals surface area contributed by atoms with E-state index in [1.165, 1.54) is 6.07 Å². The normalized spacial score (nSPS) is 10.8. The first kappa shape index (κ1) is 11.6. The topological polar surface area (TPSA) is 45.0 Å². The van der Waals surface area contributed by atoms with Crippen molar-refractivity contribution in [1.29, 1.82) is 0 Å². The molecule has 3 nitrogen and oxygen atoms in total. The summed E-state index contributed by atoms with van der Waals surface area (Å²) in [6, 6.07) is 12.6. The van der Waals surface area contributed by atoms with Gasteiger partial charge in [-0.15, -0.1) is 0 Å². The summed E-state index contributed by atoms with van der Waals surface area (Å²) in [6.07, 6.45) is 1.86. The molecule has 0 saturated carbocycles. The molecule has 0 amide bonds. The van der Waals surface area contributed by atoms with Gasteiger partial charge in [-0.25, -0.2) is 4.39 Å². The number of aromatic amines is 1. The molecule has 0 bridgehead atoms. The maximum Gasteiger partial charge on any atom is 0.148 e. The molecular weight excluding hydrogens is 241 g/mol. The molecule has 0 aliphatic heterocycles. The lowest BCUT2D eigenvalue weighted by atomic mass is 10.2. The Morgan fingerprint density at radius 3 is 2.68 bits per heavy atom. The number of nitrogen functional groups attached to an aromatic ring is 1. The van der Waals surface area contributed by atoms with Crippen molar-refractivity contribution in [3.8, 4) is 0 Å². The molecule has 1 aromatic heterocycles. The number of rotatable bonds is 2. The number of para-hydroxylation sites is 2. The first-order valence-corrected chi connectivity index (χ1v) is 6.02. The van der Waals surface area contributed by atoms with Gasteiger partial charge in [-0.05, 0) is 18.2 Å². The van der Waals surface area contributed by atoms with E-state index in [4.69, 9.17) is 5.73 Å². The average molecular weight is 255 g/mol. The number of benzene rings is 2. The highest BCUT2D eigenvalue weighted by atomic mass is 19.1. The molecular formula is C15H14FN3. The summed E-state index contributed by atoms with van der Waals surface area (Å²) >= 11 is 0. The van der Waals surface area contributed by atoms with Gasteiger partial charge in [-0.1, -0.05) is 24.3 Å². The molecule has 0 atom stereocenters. The van der Waals surface area contributed by atoms with E-state index in [2.05, 4.69) is 4.98 Å². The SMILES string of the molecule is CN(c1c(N)cccc1F)c1c[nH]c2ccccc12. The van der Waals surface area contributed by atoms with E-state index in [0.29, 0.717) is 11.4 Å². The average Bonchev–Trinajstić information content (AvgIpc) is 2.82. The number of nitrogens with one attached hydrogen (secondary N) is 1. The van der Waals surface area contributed by atoms with Crippen LogP contribution in [0.25, 0.3) is 10.9 Å². The van der Waals surface area contributed by atoms with E-state index < -0.39 is 0 Å². The highest BCUT2D eigenvalue weighted by Gasteiger charge is 2.15. The monoisotopic (exact) mass is 255 g/mol. The van der Waals surface area contributed by atoms with Crippen LogP contribution in [0, 0.1) is 5.82 Å². The maximum atomic E-state index is 14.0. The summed E-state index contributed by atoms with van der Waals surface area (Å²) in [6.45, 7) is 0. The highest BCUT2D eigenvalue weighted by molar-refractivity contribution is 5.95. The Hall–Kier alpha value is -2.49. The van der Waals surface area contributed by atoms with Crippen LogP contribution in [0.4, 0.5) is 21.5 Å². The predicted octanol–water partition coefficient (Wildman–Crippen LogP) is 3.66. The molecule has 19 heavy (non-hydrogen) atoms. The summed E-state index contributed by atoms with van der Waals surface area (Å²) in [5.74, 6) is -0.326. The molecule has 96 valence electrons. The van der Waals surface area contributed by atoms with Crippen molar-refractivity contribution >= 4 is 28.0 Å². The third kappa shape index (κ3) is 1.81. The smallest absolute Gasteiger partial charge is 0.148 e. The molecule has 0 aliphatic carbocycles. The van der Waals surface area contributed by atoms with Gasteiger partial charge < -0.3 is 15.6 Å². The standard InChI is InChI=1S/C15H14FN3/c1-19(15-11(16)6-4-7-12(15)17)14-9-18-13-8-3-2-5-10(13)14/h2-9,18H,17H2,1H3. The second-order valence-electron chi connectivity index (χ2n) is 4.46. The second kappa shape index (κ2) is 4.31. The number of H-pyrrole nitrogens is 1. The van der Waals surface area contributed by atoms with Crippen molar-refractivity contribution in [2.45, 2.75) is 0 Å². The zero-order valence-electron chi connectivity index (χ0n) is 10.5. The number of nitrogens with two attached hydrogens (primary N) is 1. The molecule has 2 aromatic carbocycles. The van der Waals surface area contributed by atoms with E-state index in [0.717, 1.165) is 16.6 Å². The van der Waals surface area contributed by atoms with Crippen molar-refractivity contribution in [3.05, 3.63) is 54.5 Å². The largest absolute Gasteiger partial charge is 0.397 e. The molecule has 0 saturated heterocycles. The molecule has 3 rings (SSSR count). The van der Waals surface area contributed by atoms with Gasteiger partial charge in [0.1, 0.15) is 11.5 Å². The first-order chi connectivity index (χ1) is 9.18. The van der Waals surface area contributed by atoms with Crippen molar-refractivity contribution < 1.29 is 4.39 Å². The summed E-state index contributed by atoms with van der Waals surface area (Å²) in [5, 5.41) is 1.03. The minimum Gasteiger partial charge on any atom is -0.397 e. The predicted molar refractivity (Wildman–Crippen MR) is 77.2 cm³/mol. The molecule has 0 aliphatic rings. The zero-order valence-corrected chi connectivity index (χ0v) is 10.5.